The Bertz CT molecular complexity index is 510. The molecule has 3 heteroatoms. The van der Waals surface area contributed by atoms with Gasteiger partial charge in [0, 0.05) is 7.05 Å². The highest BCUT2D eigenvalue weighted by Crippen LogP contribution is 2.38. The molecule has 1 heterocycles. The van der Waals surface area contributed by atoms with Crippen molar-refractivity contribution in [3.8, 4) is 0 Å². The van der Waals surface area contributed by atoms with E-state index in [2.05, 4.69) is 43.4 Å². The SMILES string of the molecule is Cc1ccc(C(C)N(C)C(=O)C2NCC3CCCC32)cc1. The van der Waals surface area contributed by atoms with Crippen molar-refractivity contribution < 1.29 is 4.79 Å². The molecule has 0 bridgehead atoms. The molecule has 4 unspecified atom stereocenters. The molecule has 4 atom stereocenters. The van der Waals surface area contributed by atoms with Crippen LogP contribution in [0.1, 0.15) is 43.4 Å². The van der Waals surface area contributed by atoms with Gasteiger partial charge in [-0.3, -0.25) is 4.79 Å². The fourth-order valence-corrected chi connectivity index (χ4v) is 3.94. The second-order valence-corrected chi connectivity index (χ2v) is 6.78. The number of aryl methyl sites for hydroxylation is 1. The maximum atomic E-state index is 12.8. The monoisotopic (exact) mass is 286 g/mol. The summed E-state index contributed by atoms with van der Waals surface area (Å²) in [6.45, 7) is 5.23. The van der Waals surface area contributed by atoms with Gasteiger partial charge >= 0.3 is 0 Å². The lowest BCUT2D eigenvalue weighted by molar-refractivity contribution is -0.134. The highest BCUT2D eigenvalue weighted by Gasteiger charge is 2.43. The van der Waals surface area contributed by atoms with Crippen molar-refractivity contribution in [1.82, 2.24) is 10.2 Å². The summed E-state index contributed by atoms with van der Waals surface area (Å²) < 4.78 is 0. The molecule has 114 valence electrons. The number of carbonyl (C=O) groups excluding carboxylic acids is 1. The van der Waals surface area contributed by atoms with Crippen molar-refractivity contribution in [3.05, 3.63) is 35.4 Å². The molecular weight excluding hydrogens is 260 g/mol. The lowest BCUT2D eigenvalue weighted by Crippen LogP contribution is -2.45. The zero-order valence-corrected chi connectivity index (χ0v) is 13.3. The van der Waals surface area contributed by atoms with Gasteiger partial charge in [-0.2, -0.15) is 0 Å². The summed E-state index contributed by atoms with van der Waals surface area (Å²) >= 11 is 0. The number of carbonyl (C=O) groups is 1. The number of rotatable bonds is 3. The number of amides is 1. The van der Waals surface area contributed by atoms with Gasteiger partial charge in [0.15, 0.2) is 0 Å². The van der Waals surface area contributed by atoms with Gasteiger partial charge in [0.2, 0.25) is 5.91 Å². The van der Waals surface area contributed by atoms with Crippen LogP contribution in [0.15, 0.2) is 24.3 Å². The van der Waals surface area contributed by atoms with E-state index in [9.17, 15) is 4.79 Å². The molecular formula is C18H26N2O. The quantitative estimate of drug-likeness (QED) is 0.926. The summed E-state index contributed by atoms with van der Waals surface area (Å²) in [5, 5.41) is 3.46. The van der Waals surface area contributed by atoms with Gasteiger partial charge in [0.25, 0.3) is 0 Å². The Balaban J connectivity index is 1.70. The molecule has 3 rings (SSSR count). The van der Waals surface area contributed by atoms with E-state index in [0.717, 1.165) is 12.5 Å². The van der Waals surface area contributed by atoms with Crippen LogP contribution in [0.5, 0.6) is 0 Å². The number of hydrogen-bond acceptors (Lipinski definition) is 2. The molecule has 21 heavy (non-hydrogen) atoms. The van der Waals surface area contributed by atoms with Crippen molar-refractivity contribution in [2.45, 2.75) is 45.2 Å². The summed E-state index contributed by atoms with van der Waals surface area (Å²) in [6, 6.07) is 8.65. The lowest BCUT2D eigenvalue weighted by atomic mass is 9.93. The Morgan fingerprint density at radius 2 is 2.00 bits per heavy atom. The van der Waals surface area contributed by atoms with Crippen LogP contribution >= 0.6 is 0 Å². The lowest BCUT2D eigenvalue weighted by Gasteiger charge is -2.30. The van der Waals surface area contributed by atoms with E-state index < -0.39 is 0 Å². The Morgan fingerprint density at radius 3 is 2.71 bits per heavy atom. The summed E-state index contributed by atoms with van der Waals surface area (Å²) in [6.07, 6.45) is 3.79. The summed E-state index contributed by atoms with van der Waals surface area (Å²) in [7, 11) is 1.94. The molecule has 1 aliphatic heterocycles. The van der Waals surface area contributed by atoms with Crippen molar-refractivity contribution in [1.29, 1.82) is 0 Å². The molecule has 3 nitrogen and oxygen atoms in total. The van der Waals surface area contributed by atoms with Crippen LogP contribution in [-0.2, 0) is 4.79 Å². The molecule has 0 radical (unpaired) electrons. The fraction of sp³-hybridized carbons (Fsp3) is 0.611. The topological polar surface area (TPSA) is 32.3 Å². The third kappa shape index (κ3) is 2.71. The average molecular weight is 286 g/mol. The molecule has 1 saturated heterocycles. The molecule has 0 aromatic heterocycles. The number of nitrogens with zero attached hydrogens (tertiary/aromatic N) is 1. The minimum Gasteiger partial charge on any atom is -0.338 e. The van der Waals surface area contributed by atoms with Gasteiger partial charge in [0.1, 0.15) is 0 Å². The first-order valence-corrected chi connectivity index (χ1v) is 8.14. The van der Waals surface area contributed by atoms with Gasteiger partial charge < -0.3 is 10.2 Å². The minimum atomic E-state index is 0.0374. The van der Waals surface area contributed by atoms with Gasteiger partial charge in [-0.15, -0.1) is 0 Å². The maximum absolute atomic E-state index is 12.8. The Hall–Kier alpha value is -1.35. The van der Waals surface area contributed by atoms with Crippen LogP contribution in [0.4, 0.5) is 0 Å². The van der Waals surface area contributed by atoms with E-state index >= 15 is 0 Å². The molecule has 1 amide bonds. The van der Waals surface area contributed by atoms with E-state index in [0.29, 0.717) is 5.92 Å². The van der Waals surface area contributed by atoms with Crippen LogP contribution in [-0.4, -0.2) is 30.4 Å². The van der Waals surface area contributed by atoms with Crippen LogP contribution < -0.4 is 5.32 Å². The Morgan fingerprint density at radius 1 is 1.29 bits per heavy atom. The molecule has 1 aromatic rings. The van der Waals surface area contributed by atoms with Crippen molar-refractivity contribution in [2.75, 3.05) is 13.6 Å². The van der Waals surface area contributed by atoms with Crippen molar-refractivity contribution >= 4 is 5.91 Å². The second kappa shape index (κ2) is 5.80. The first-order valence-electron chi connectivity index (χ1n) is 8.14. The van der Waals surface area contributed by atoms with Crippen molar-refractivity contribution in [3.63, 3.8) is 0 Å². The van der Waals surface area contributed by atoms with E-state index in [1.54, 1.807) is 0 Å². The molecule has 1 saturated carbocycles. The average Bonchev–Trinajstić information content (AvgIpc) is 3.08. The number of hydrogen-bond donors (Lipinski definition) is 1. The van der Waals surface area contributed by atoms with E-state index in [1.165, 1.54) is 30.4 Å². The highest BCUT2D eigenvalue weighted by molar-refractivity contribution is 5.83. The molecule has 1 aliphatic carbocycles. The largest absolute Gasteiger partial charge is 0.338 e. The maximum Gasteiger partial charge on any atom is 0.240 e. The number of likely N-dealkylation sites (N-methyl/N-ethyl adjacent to an activating group) is 1. The van der Waals surface area contributed by atoms with E-state index in [1.807, 2.05) is 11.9 Å². The number of nitrogens with one attached hydrogen (secondary N) is 1. The van der Waals surface area contributed by atoms with Gasteiger partial charge in [-0.1, -0.05) is 36.2 Å². The Kier molecular flexibility index (Phi) is 4.03. The number of fused-ring (bicyclic) bond motifs is 1. The molecule has 0 spiro atoms. The van der Waals surface area contributed by atoms with Crippen LogP contribution in [0, 0.1) is 18.8 Å². The first kappa shape index (κ1) is 14.6. The second-order valence-electron chi connectivity index (χ2n) is 6.78. The zero-order chi connectivity index (χ0) is 15.0. The molecule has 1 N–H and O–H groups in total. The van der Waals surface area contributed by atoms with Crippen LogP contribution in [0.25, 0.3) is 0 Å². The normalized spacial score (nSPS) is 29.2. The third-order valence-corrected chi connectivity index (χ3v) is 5.50. The van der Waals surface area contributed by atoms with Gasteiger partial charge in [0.05, 0.1) is 12.1 Å². The van der Waals surface area contributed by atoms with E-state index in [-0.39, 0.29) is 18.0 Å². The third-order valence-electron chi connectivity index (χ3n) is 5.50. The molecule has 2 aliphatic rings. The van der Waals surface area contributed by atoms with Crippen molar-refractivity contribution in [2.24, 2.45) is 11.8 Å². The molecule has 2 fully saturated rings. The van der Waals surface area contributed by atoms with E-state index in [4.69, 9.17) is 0 Å². The fourth-order valence-electron chi connectivity index (χ4n) is 3.94. The predicted octanol–water partition coefficient (Wildman–Crippen LogP) is 2.90. The Labute approximate surface area is 127 Å². The van der Waals surface area contributed by atoms with Gasteiger partial charge in [-0.05, 0) is 50.6 Å². The minimum absolute atomic E-state index is 0.0374. The summed E-state index contributed by atoms with van der Waals surface area (Å²) in [5.74, 6) is 1.55. The van der Waals surface area contributed by atoms with Crippen LogP contribution in [0.3, 0.4) is 0 Å². The zero-order valence-electron chi connectivity index (χ0n) is 13.3. The van der Waals surface area contributed by atoms with Crippen LogP contribution in [0.2, 0.25) is 0 Å². The first-order chi connectivity index (χ1) is 10.1. The number of benzene rings is 1. The smallest absolute Gasteiger partial charge is 0.240 e. The summed E-state index contributed by atoms with van der Waals surface area (Å²) in [5.41, 5.74) is 2.46. The highest BCUT2D eigenvalue weighted by atomic mass is 16.2. The molecule has 1 aromatic carbocycles. The predicted molar refractivity (Wildman–Crippen MR) is 85.0 cm³/mol. The van der Waals surface area contributed by atoms with Gasteiger partial charge in [-0.25, -0.2) is 0 Å². The summed E-state index contributed by atoms with van der Waals surface area (Å²) in [4.78, 5) is 14.8. The standard InChI is InChI=1S/C18H26N2O/c1-12-7-9-14(10-8-12)13(2)20(3)18(21)17-16-6-4-5-15(16)11-19-17/h7-10,13,15-17,19H,4-6,11H2,1-3H3.